The molecule has 0 aromatic carbocycles. The molecule has 0 radical (unpaired) electrons. The molecule has 1 aliphatic rings. The van der Waals surface area contributed by atoms with Crippen LogP contribution in [0.3, 0.4) is 0 Å². The fourth-order valence-corrected chi connectivity index (χ4v) is 1.75. The zero-order valence-corrected chi connectivity index (χ0v) is 8.97. The Kier molecular flexibility index (Phi) is 2.48. The minimum atomic E-state index is -0.570. The molecule has 4 nitrogen and oxygen atoms in total. The van der Waals surface area contributed by atoms with Gasteiger partial charge in [-0.1, -0.05) is 12.2 Å². The molecular formula is C10H12N2O2S. The maximum Gasteiger partial charge on any atom is 0.233 e. The summed E-state index contributed by atoms with van der Waals surface area (Å²) in [6.07, 6.45) is 4.70. The molecule has 0 saturated heterocycles. The molecule has 1 fully saturated rings. The molecule has 1 aliphatic carbocycles. The van der Waals surface area contributed by atoms with Crippen molar-refractivity contribution in [1.82, 2.24) is 5.32 Å². The minimum absolute atomic E-state index is 0.0730. The van der Waals surface area contributed by atoms with Crippen molar-refractivity contribution < 1.29 is 9.21 Å². The molecule has 1 aromatic heterocycles. The van der Waals surface area contributed by atoms with Crippen molar-refractivity contribution in [3.63, 3.8) is 0 Å². The van der Waals surface area contributed by atoms with E-state index in [4.69, 9.17) is 22.4 Å². The second-order valence-corrected chi connectivity index (χ2v) is 4.20. The lowest BCUT2D eigenvalue weighted by Gasteiger charge is -2.12. The smallest absolute Gasteiger partial charge is 0.233 e. The summed E-state index contributed by atoms with van der Waals surface area (Å²) in [6, 6.07) is 1.81. The van der Waals surface area contributed by atoms with Gasteiger partial charge in [-0.3, -0.25) is 4.79 Å². The van der Waals surface area contributed by atoms with Crippen LogP contribution in [0.25, 0.3) is 0 Å². The van der Waals surface area contributed by atoms with Crippen LogP contribution in [0.4, 0.5) is 0 Å². The number of carbonyl (C=O) groups excluding carboxylic acids is 1. The van der Waals surface area contributed by atoms with Crippen molar-refractivity contribution in [2.24, 2.45) is 11.1 Å². The van der Waals surface area contributed by atoms with Crippen molar-refractivity contribution >= 4 is 23.1 Å². The van der Waals surface area contributed by atoms with E-state index in [1.165, 1.54) is 0 Å². The van der Waals surface area contributed by atoms with Gasteiger partial charge in [0.15, 0.2) is 0 Å². The van der Waals surface area contributed by atoms with Crippen LogP contribution in [0.2, 0.25) is 0 Å². The maximum atomic E-state index is 11.8. The van der Waals surface area contributed by atoms with Gasteiger partial charge in [-0.2, -0.15) is 0 Å². The Morgan fingerprint density at radius 3 is 2.87 bits per heavy atom. The zero-order valence-electron chi connectivity index (χ0n) is 8.16. The van der Waals surface area contributed by atoms with E-state index in [0.717, 1.165) is 18.4 Å². The van der Waals surface area contributed by atoms with E-state index < -0.39 is 5.41 Å². The zero-order chi connectivity index (χ0) is 10.9. The molecule has 15 heavy (non-hydrogen) atoms. The fourth-order valence-electron chi connectivity index (χ4n) is 1.46. The highest BCUT2D eigenvalue weighted by Crippen LogP contribution is 2.46. The van der Waals surface area contributed by atoms with Crippen LogP contribution in [0.1, 0.15) is 18.4 Å². The summed E-state index contributed by atoms with van der Waals surface area (Å²) >= 11 is 4.88. The van der Waals surface area contributed by atoms with Gasteiger partial charge in [0.1, 0.15) is 0 Å². The normalized spacial score (nSPS) is 17.1. The third-order valence-corrected chi connectivity index (χ3v) is 3.08. The molecule has 1 heterocycles. The van der Waals surface area contributed by atoms with Gasteiger partial charge in [-0.15, -0.1) is 0 Å². The number of nitrogens with one attached hydrogen (secondary N) is 1. The van der Waals surface area contributed by atoms with E-state index >= 15 is 0 Å². The predicted octanol–water partition coefficient (Wildman–Crippen LogP) is 0.962. The Hall–Kier alpha value is -1.36. The summed E-state index contributed by atoms with van der Waals surface area (Å²) in [5, 5.41) is 2.80. The maximum absolute atomic E-state index is 11.8. The molecule has 0 spiro atoms. The number of carbonyl (C=O) groups is 1. The fraction of sp³-hybridized carbons (Fsp3) is 0.400. The lowest BCUT2D eigenvalue weighted by Crippen LogP contribution is -2.39. The first-order valence-corrected chi connectivity index (χ1v) is 5.15. The first-order chi connectivity index (χ1) is 7.15. The van der Waals surface area contributed by atoms with Crippen LogP contribution in [0.5, 0.6) is 0 Å². The number of rotatable bonds is 4. The average molecular weight is 224 g/mol. The van der Waals surface area contributed by atoms with Gasteiger partial charge in [0, 0.05) is 12.1 Å². The number of hydrogen-bond donors (Lipinski definition) is 2. The number of hydrogen-bond acceptors (Lipinski definition) is 3. The molecule has 80 valence electrons. The third-order valence-electron chi connectivity index (χ3n) is 2.69. The Labute approximate surface area is 92.8 Å². The van der Waals surface area contributed by atoms with Crippen molar-refractivity contribution in [3.8, 4) is 0 Å². The molecule has 0 unspecified atom stereocenters. The Morgan fingerprint density at radius 1 is 1.67 bits per heavy atom. The summed E-state index contributed by atoms with van der Waals surface area (Å²) < 4.78 is 4.89. The topological polar surface area (TPSA) is 68.3 Å². The largest absolute Gasteiger partial charge is 0.472 e. The van der Waals surface area contributed by atoms with Crippen LogP contribution in [0.15, 0.2) is 23.0 Å². The molecule has 1 amide bonds. The lowest BCUT2D eigenvalue weighted by molar-refractivity contribution is -0.124. The SMILES string of the molecule is NC(=S)C1(C(=O)NCc2ccoc2)CC1. The third kappa shape index (κ3) is 1.87. The number of furan rings is 1. The van der Waals surface area contributed by atoms with Gasteiger partial charge in [-0.05, 0) is 18.9 Å². The van der Waals surface area contributed by atoms with Gasteiger partial charge >= 0.3 is 0 Å². The van der Waals surface area contributed by atoms with E-state index in [1.54, 1.807) is 18.6 Å². The van der Waals surface area contributed by atoms with Gasteiger partial charge < -0.3 is 15.5 Å². The molecule has 0 aliphatic heterocycles. The molecule has 2 rings (SSSR count). The summed E-state index contributed by atoms with van der Waals surface area (Å²) in [6.45, 7) is 0.458. The summed E-state index contributed by atoms with van der Waals surface area (Å²) in [5.41, 5.74) is 5.90. The molecular weight excluding hydrogens is 212 g/mol. The van der Waals surface area contributed by atoms with E-state index in [1.807, 2.05) is 0 Å². The van der Waals surface area contributed by atoms with Crippen molar-refractivity contribution in [2.45, 2.75) is 19.4 Å². The second kappa shape index (κ2) is 3.66. The highest BCUT2D eigenvalue weighted by molar-refractivity contribution is 7.80. The van der Waals surface area contributed by atoms with Gasteiger partial charge in [0.2, 0.25) is 5.91 Å². The standard InChI is InChI=1S/C10H12N2O2S/c11-8(15)10(2-3-10)9(13)12-5-7-1-4-14-6-7/h1,4,6H,2-3,5H2,(H2,11,15)(H,12,13). The van der Waals surface area contributed by atoms with Crippen molar-refractivity contribution in [2.75, 3.05) is 0 Å². The van der Waals surface area contributed by atoms with Gasteiger partial charge in [0.25, 0.3) is 0 Å². The Morgan fingerprint density at radius 2 is 2.40 bits per heavy atom. The highest BCUT2D eigenvalue weighted by Gasteiger charge is 2.52. The molecule has 3 N–H and O–H groups in total. The summed E-state index contributed by atoms with van der Waals surface area (Å²) in [5.74, 6) is -0.0730. The van der Waals surface area contributed by atoms with E-state index in [9.17, 15) is 4.79 Å². The van der Waals surface area contributed by atoms with E-state index in [0.29, 0.717) is 11.5 Å². The molecule has 5 heteroatoms. The minimum Gasteiger partial charge on any atom is -0.472 e. The quantitative estimate of drug-likeness (QED) is 0.747. The Bertz CT molecular complexity index is 382. The van der Waals surface area contributed by atoms with Gasteiger partial charge in [0.05, 0.1) is 22.9 Å². The molecule has 1 aromatic rings. The Balaban J connectivity index is 1.91. The predicted molar refractivity (Wildman–Crippen MR) is 59.0 cm³/mol. The first-order valence-electron chi connectivity index (χ1n) is 4.74. The van der Waals surface area contributed by atoms with E-state index in [-0.39, 0.29) is 5.91 Å². The second-order valence-electron chi connectivity index (χ2n) is 3.76. The van der Waals surface area contributed by atoms with Crippen LogP contribution >= 0.6 is 12.2 Å². The van der Waals surface area contributed by atoms with Crippen LogP contribution in [-0.2, 0) is 11.3 Å². The molecule has 0 atom stereocenters. The number of amides is 1. The van der Waals surface area contributed by atoms with Crippen LogP contribution in [0, 0.1) is 5.41 Å². The van der Waals surface area contributed by atoms with Gasteiger partial charge in [-0.25, -0.2) is 0 Å². The van der Waals surface area contributed by atoms with Crippen LogP contribution < -0.4 is 11.1 Å². The highest BCUT2D eigenvalue weighted by atomic mass is 32.1. The summed E-state index contributed by atoms with van der Waals surface area (Å²) in [7, 11) is 0. The summed E-state index contributed by atoms with van der Waals surface area (Å²) in [4.78, 5) is 12.1. The first kappa shape index (κ1) is 10.2. The monoisotopic (exact) mass is 224 g/mol. The van der Waals surface area contributed by atoms with Crippen molar-refractivity contribution in [1.29, 1.82) is 0 Å². The molecule has 0 bridgehead atoms. The van der Waals surface area contributed by atoms with Crippen LogP contribution in [-0.4, -0.2) is 10.9 Å². The average Bonchev–Trinajstić information content (AvgIpc) is 2.87. The number of nitrogens with two attached hydrogens (primary N) is 1. The molecule has 1 saturated carbocycles. The number of thiocarbonyl (C=S) groups is 1. The van der Waals surface area contributed by atoms with E-state index in [2.05, 4.69) is 5.32 Å². The lowest BCUT2D eigenvalue weighted by atomic mass is 10.1. The van der Waals surface area contributed by atoms with Crippen molar-refractivity contribution in [3.05, 3.63) is 24.2 Å².